The largest absolute Gasteiger partial charge is 0.497 e. The Hall–Kier alpha value is -2.58. The Morgan fingerprint density at radius 3 is 1.94 bits per heavy atom. The van der Waals surface area contributed by atoms with Crippen LogP contribution in [0.1, 0.15) is 40.2 Å². The Morgan fingerprint density at radius 2 is 1.48 bits per heavy atom. The first kappa shape index (κ1) is 26.7. The van der Waals surface area contributed by atoms with Crippen molar-refractivity contribution in [3.63, 3.8) is 0 Å². The number of carbonyl (C=O) groups excluding carboxylic acids is 1. The lowest BCUT2D eigenvalue weighted by Crippen LogP contribution is -2.49. The van der Waals surface area contributed by atoms with Gasteiger partial charge in [0.15, 0.2) is 14.6 Å². The van der Waals surface area contributed by atoms with Gasteiger partial charge in [0.05, 0.1) is 12.0 Å². The molecular weight excluding hydrogens is 440 g/mol. The number of nitrogens with two attached hydrogens (primary N) is 1. The summed E-state index contributed by atoms with van der Waals surface area (Å²) in [6.45, 7) is 11.3. The maximum absolute atomic E-state index is 13.3. The third-order valence-electron chi connectivity index (χ3n) is 5.89. The van der Waals surface area contributed by atoms with Crippen LogP contribution in [0.5, 0.6) is 11.5 Å². The van der Waals surface area contributed by atoms with Gasteiger partial charge in [-0.3, -0.25) is 9.69 Å². The van der Waals surface area contributed by atoms with Crippen LogP contribution in [0.4, 0.5) is 0 Å². The molecule has 33 heavy (non-hydrogen) atoms. The summed E-state index contributed by atoms with van der Waals surface area (Å²) in [6.07, 6.45) is -0.0501. The van der Waals surface area contributed by atoms with Gasteiger partial charge in [-0.1, -0.05) is 12.1 Å². The zero-order valence-electron chi connectivity index (χ0n) is 20.4. The Bertz CT molecular complexity index is 1010. The smallest absolute Gasteiger partial charge is 0.239 e. The van der Waals surface area contributed by atoms with Crippen LogP contribution < -0.4 is 15.2 Å². The molecule has 2 aromatic carbocycles. The molecule has 7 nitrogen and oxygen atoms in total. The van der Waals surface area contributed by atoms with Crippen molar-refractivity contribution in [1.29, 1.82) is 0 Å². The summed E-state index contributed by atoms with van der Waals surface area (Å²) in [5.41, 5.74) is 6.27. The van der Waals surface area contributed by atoms with E-state index in [-0.39, 0.29) is 11.3 Å². The van der Waals surface area contributed by atoms with E-state index >= 15 is 0 Å². The number of rotatable bonds is 12. The lowest BCUT2D eigenvalue weighted by molar-refractivity contribution is -0.120. The van der Waals surface area contributed by atoms with E-state index in [9.17, 15) is 13.2 Å². The Balaban J connectivity index is 2.15. The normalized spacial score (nSPS) is 13.8. The minimum Gasteiger partial charge on any atom is -0.497 e. The van der Waals surface area contributed by atoms with E-state index in [1.54, 1.807) is 36.4 Å². The number of carbonyl (C=O) groups is 1. The number of hydrogen-bond acceptors (Lipinski definition) is 6. The maximum Gasteiger partial charge on any atom is 0.239 e. The number of hydrogen-bond donors (Lipinski definition) is 1. The second kappa shape index (κ2) is 11.0. The van der Waals surface area contributed by atoms with Gasteiger partial charge < -0.3 is 15.2 Å². The maximum atomic E-state index is 13.3. The van der Waals surface area contributed by atoms with Crippen molar-refractivity contribution in [3.05, 3.63) is 54.1 Å². The standard InChI is InChI=1S/C25H36N2O5S/c1-18(2)27(19(3)4)15-16-32-22-9-7-20(8-10-22)17-25(5,24(26)28)33(29,30)23-13-11-21(31-6)12-14-23/h7-14,18-19H,15-17H2,1-6H3,(H2,26,28). The molecule has 0 bridgehead atoms. The highest BCUT2D eigenvalue weighted by Crippen LogP contribution is 2.31. The number of amides is 1. The van der Waals surface area contributed by atoms with Gasteiger partial charge in [0.2, 0.25) is 5.91 Å². The molecule has 0 fully saturated rings. The molecule has 0 saturated heterocycles. The summed E-state index contributed by atoms with van der Waals surface area (Å²) < 4.78 is 35.8. The molecule has 1 atom stereocenters. The van der Waals surface area contributed by atoms with Gasteiger partial charge in [0.25, 0.3) is 0 Å². The van der Waals surface area contributed by atoms with Gasteiger partial charge in [-0.25, -0.2) is 8.42 Å². The molecule has 0 aliphatic heterocycles. The summed E-state index contributed by atoms with van der Waals surface area (Å²) in [5, 5.41) is 0. The molecule has 0 aliphatic rings. The molecular formula is C25H36N2O5S. The first-order valence-corrected chi connectivity index (χ1v) is 12.6. The highest BCUT2D eigenvalue weighted by Gasteiger charge is 2.46. The van der Waals surface area contributed by atoms with Gasteiger partial charge >= 0.3 is 0 Å². The Kier molecular flexibility index (Phi) is 8.91. The molecule has 2 aromatic rings. The third kappa shape index (κ3) is 6.26. The first-order valence-electron chi connectivity index (χ1n) is 11.1. The second-order valence-corrected chi connectivity index (χ2v) is 11.2. The fourth-order valence-corrected chi connectivity index (χ4v) is 5.44. The minimum atomic E-state index is -4.04. The molecule has 0 radical (unpaired) electrons. The van der Waals surface area contributed by atoms with E-state index in [1.807, 2.05) is 0 Å². The fourth-order valence-electron chi connectivity index (χ4n) is 3.80. The third-order valence-corrected chi connectivity index (χ3v) is 8.32. The van der Waals surface area contributed by atoms with E-state index in [2.05, 4.69) is 32.6 Å². The van der Waals surface area contributed by atoms with Crippen LogP contribution in [-0.4, -0.2) is 56.3 Å². The Morgan fingerprint density at radius 1 is 0.970 bits per heavy atom. The average molecular weight is 477 g/mol. The molecule has 1 unspecified atom stereocenters. The van der Waals surface area contributed by atoms with Crippen molar-refractivity contribution in [1.82, 2.24) is 4.90 Å². The number of ether oxygens (including phenoxy) is 2. The molecule has 8 heteroatoms. The zero-order chi connectivity index (χ0) is 24.8. The summed E-state index contributed by atoms with van der Waals surface area (Å²) in [5.74, 6) is 0.307. The van der Waals surface area contributed by atoms with E-state index in [1.165, 1.54) is 26.2 Å². The zero-order valence-corrected chi connectivity index (χ0v) is 21.2. The molecule has 2 rings (SSSR count). The van der Waals surface area contributed by atoms with E-state index in [0.29, 0.717) is 35.8 Å². The SMILES string of the molecule is COc1ccc(S(=O)(=O)C(C)(Cc2ccc(OCCN(C(C)C)C(C)C)cc2)C(N)=O)cc1. The number of benzene rings is 2. The van der Waals surface area contributed by atoms with E-state index in [4.69, 9.17) is 15.2 Å². The highest BCUT2D eigenvalue weighted by molar-refractivity contribution is 7.93. The quantitative estimate of drug-likeness (QED) is 0.504. The summed E-state index contributed by atoms with van der Waals surface area (Å²) in [6, 6.07) is 13.9. The fraction of sp³-hybridized carbons (Fsp3) is 0.480. The second-order valence-electron chi connectivity index (χ2n) is 8.87. The minimum absolute atomic E-state index is 0.0180. The first-order chi connectivity index (χ1) is 15.4. The van der Waals surface area contributed by atoms with Crippen molar-refractivity contribution < 1.29 is 22.7 Å². The van der Waals surface area contributed by atoms with Crippen molar-refractivity contribution in [2.45, 2.75) is 62.8 Å². The predicted octanol–water partition coefficient (Wildman–Crippen LogP) is 3.45. The van der Waals surface area contributed by atoms with Crippen LogP contribution in [0, 0.1) is 0 Å². The predicted molar refractivity (Wildman–Crippen MR) is 130 cm³/mol. The van der Waals surface area contributed by atoms with Crippen LogP contribution in [0.15, 0.2) is 53.4 Å². The molecule has 0 heterocycles. The topological polar surface area (TPSA) is 98.9 Å². The lowest BCUT2D eigenvalue weighted by Gasteiger charge is -2.30. The van der Waals surface area contributed by atoms with Crippen LogP contribution in [0.3, 0.4) is 0 Å². The summed E-state index contributed by atoms with van der Waals surface area (Å²) in [4.78, 5) is 14.7. The van der Waals surface area contributed by atoms with Gasteiger partial charge in [-0.15, -0.1) is 0 Å². The van der Waals surface area contributed by atoms with Gasteiger partial charge in [0, 0.05) is 25.0 Å². The summed E-state index contributed by atoms with van der Waals surface area (Å²) in [7, 11) is -2.55. The number of nitrogens with zero attached hydrogens (tertiary/aromatic N) is 1. The van der Waals surface area contributed by atoms with Crippen molar-refractivity contribution in [2.24, 2.45) is 5.73 Å². The van der Waals surface area contributed by atoms with Crippen molar-refractivity contribution in [3.8, 4) is 11.5 Å². The van der Waals surface area contributed by atoms with Crippen LogP contribution in [0.25, 0.3) is 0 Å². The van der Waals surface area contributed by atoms with Gasteiger partial charge in [0.1, 0.15) is 18.1 Å². The van der Waals surface area contributed by atoms with Crippen molar-refractivity contribution >= 4 is 15.7 Å². The van der Waals surface area contributed by atoms with E-state index < -0.39 is 20.5 Å². The lowest BCUT2D eigenvalue weighted by atomic mass is 9.99. The number of sulfone groups is 1. The number of primary amides is 1. The molecule has 2 N–H and O–H groups in total. The van der Waals surface area contributed by atoms with Gasteiger partial charge in [-0.05, 0) is 76.6 Å². The molecule has 0 spiro atoms. The summed E-state index contributed by atoms with van der Waals surface area (Å²) >= 11 is 0. The van der Waals surface area contributed by atoms with E-state index in [0.717, 1.165) is 6.54 Å². The molecule has 182 valence electrons. The molecule has 0 saturated carbocycles. The van der Waals surface area contributed by atoms with Crippen LogP contribution >= 0.6 is 0 Å². The van der Waals surface area contributed by atoms with Crippen molar-refractivity contribution in [2.75, 3.05) is 20.3 Å². The highest BCUT2D eigenvalue weighted by atomic mass is 32.2. The van der Waals surface area contributed by atoms with Gasteiger partial charge in [-0.2, -0.15) is 0 Å². The average Bonchev–Trinajstić information content (AvgIpc) is 2.77. The number of methoxy groups -OCH3 is 1. The molecule has 1 amide bonds. The molecule has 0 aromatic heterocycles. The Labute approximate surface area is 197 Å². The van der Waals surface area contributed by atoms with Crippen LogP contribution in [0.2, 0.25) is 0 Å². The molecule has 0 aliphatic carbocycles. The van der Waals surface area contributed by atoms with Crippen LogP contribution in [-0.2, 0) is 21.1 Å². The monoisotopic (exact) mass is 476 g/mol.